The average Bonchev–Trinajstić information content (AvgIpc) is 3.01. The van der Waals surface area contributed by atoms with Crippen LogP contribution in [-0.4, -0.2) is 19.4 Å². The van der Waals surface area contributed by atoms with Crippen LogP contribution >= 0.6 is 15.9 Å². The van der Waals surface area contributed by atoms with Gasteiger partial charge in [0.25, 0.3) is 0 Å². The third kappa shape index (κ3) is 3.64. The van der Waals surface area contributed by atoms with Gasteiger partial charge in [-0.2, -0.15) is 0 Å². The molecule has 5 nitrogen and oxygen atoms in total. The smallest absolute Gasteiger partial charge is 0.344 e. The van der Waals surface area contributed by atoms with Crippen molar-refractivity contribution in [2.45, 2.75) is 20.5 Å². The zero-order chi connectivity index (χ0) is 17.1. The summed E-state index contributed by atoms with van der Waals surface area (Å²) in [6.07, 6.45) is 0. The molecular formula is C18H17BrO5. The standard InChI is InChI=1S/C18H17BrO5/c1-11-4-3-5-15(12(11)2)21-9-18(20)22-8-13-6-16-17(7-14(13)19)24-10-23-16/h3-7H,8-10H2,1-2H3. The van der Waals surface area contributed by atoms with Gasteiger partial charge in [-0.25, -0.2) is 4.79 Å². The third-order valence-electron chi connectivity index (χ3n) is 3.83. The van der Waals surface area contributed by atoms with Gasteiger partial charge in [-0.15, -0.1) is 0 Å². The van der Waals surface area contributed by atoms with Gasteiger partial charge in [-0.3, -0.25) is 0 Å². The molecule has 0 bridgehead atoms. The monoisotopic (exact) mass is 392 g/mol. The van der Waals surface area contributed by atoms with E-state index in [1.165, 1.54) is 0 Å². The first-order valence-corrected chi connectivity index (χ1v) is 8.26. The zero-order valence-corrected chi connectivity index (χ0v) is 15.0. The fourth-order valence-electron chi connectivity index (χ4n) is 2.29. The second-order valence-corrected chi connectivity index (χ2v) is 6.30. The van der Waals surface area contributed by atoms with Crippen LogP contribution in [0, 0.1) is 13.8 Å². The molecule has 0 amide bonds. The number of carbonyl (C=O) groups excluding carboxylic acids is 1. The van der Waals surface area contributed by atoms with Crippen molar-refractivity contribution in [2.24, 2.45) is 0 Å². The van der Waals surface area contributed by atoms with Gasteiger partial charge in [-0.1, -0.05) is 28.1 Å². The summed E-state index contributed by atoms with van der Waals surface area (Å²) in [6.45, 7) is 4.16. The van der Waals surface area contributed by atoms with Gasteiger partial charge in [0, 0.05) is 10.0 Å². The van der Waals surface area contributed by atoms with Crippen molar-refractivity contribution in [1.29, 1.82) is 0 Å². The summed E-state index contributed by atoms with van der Waals surface area (Å²) in [7, 11) is 0. The Labute approximate surface area is 148 Å². The Balaban J connectivity index is 1.55. The number of benzene rings is 2. The molecule has 24 heavy (non-hydrogen) atoms. The minimum atomic E-state index is -0.430. The van der Waals surface area contributed by atoms with Crippen LogP contribution in [0.25, 0.3) is 0 Å². The minimum Gasteiger partial charge on any atom is -0.482 e. The van der Waals surface area contributed by atoms with Gasteiger partial charge in [0.1, 0.15) is 12.4 Å². The number of halogens is 1. The number of fused-ring (bicyclic) bond motifs is 1. The van der Waals surface area contributed by atoms with Crippen molar-refractivity contribution in [2.75, 3.05) is 13.4 Å². The second-order valence-electron chi connectivity index (χ2n) is 5.44. The molecule has 0 aromatic heterocycles. The summed E-state index contributed by atoms with van der Waals surface area (Å²) in [4.78, 5) is 11.9. The van der Waals surface area contributed by atoms with Crippen LogP contribution in [0.5, 0.6) is 17.2 Å². The Morgan fingerprint density at radius 3 is 2.75 bits per heavy atom. The van der Waals surface area contributed by atoms with Crippen molar-refractivity contribution >= 4 is 21.9 Å². The highest BCUT2D eigenvalue weighted by Gasteiger charge is 2.17. The van der Waals surface area contributed by atoms with E-state index in [2.05, 4.69) is 15.9 Å². The van der Waals surface area contributed by atoms with E-state index >= 15 is 0 Å². The van der Waals surface area contributed by atoms with Crippen LogP contribution in [0.4, 0.5) is 0 Å². The average molecular weight is 393 g/mol. The highest BCUT2D eigenvalue weighted by atomic mass is 79.9. The minimum absolute atomic E-state index is 0.131. The Bertz CT molecular complexity index is 772. The lowest BCUT2D eigenvalue weighted by Crippen LogP contribution is -2.15. The molecule has 0 saturated carbocycles. The Hall–Kier alpha value is -2.21. The largest absolute Gasteiger partial charge is 0.482 e. The lowest BCUT2D eigenvalue weighted by molar-refractivity contribution is -0.147. The van der Waals surface area contributed by atoms with Crippen LogP contribution in [-0.2, 0) is 16.1 Å². The quantitative estimate of drug-likeness (QED) is 0.721. The van der Waals surface area contributed by atoms with Crippen LogP contribution < -0.4 is 14.2 Å². The first-order chi connectivity index (χ1) is 11.5. The third-order valence-corrected chi connectivity index (χ3v) is 4.57. The van der Waals surface area contributed by atoms with Gasteiger partial charge in [-0.05, 0) is 43.2 Å². The molecule has 0 radical (unpaired) electrons. The normalized spacial score (nSPS) is 12.1. The first-order valence-electron chi connectivity index (χ1n) is 7.47. The summed E-state index contributed by atoms with van der Waals surface area (Å²) >= 11 is 3.44. The lowest BCUT2D eigenvalue weighted by atomic mass is 10.1. The predicted molar refractivity (Wildman–Crippen MR) is 91.5 cm³/mol. The Morgan fingerprint density at radius 1 is 1.21 bits per heavy atom. The molecule has 2 aromatic rings. The topological polar surface area (TPSA) is 54.0 Å². The molecule has 0 spiro atoms. The Morgan fingerprint density at radius 2 is 1.96 bits per heavy atom. The van der Waals surface area contributed by atoms with Gasteiger partial charge in [0.05, 0.1) is 0 Å². The van der Waals surface area contributed by atoms with Crippen molar-refractivity contribution in [1.82, 2.24) is 0 Å². The highest BCUT2D eigenvalue weighted by Crippen LogP contribution is 2.37. The van der Waals surface area contributed by atoms with E-state index in [0.29, 0.717) is 17.2 Å². The summed E-state index contributed by atoms with van der Waals surface area (Å²) in [5.41, 5.74) is 2.94. The molecule has 3 rings (SSSR count). The van der Waals surface area contributed by atoms with Crippen LogP contribution in [0.2, 0.25) is 0 Å². The number of aryl methyl sites for hydroxylation is 1. The Kier molecular flexibility index (Phi) is 4.94. The van der Waals surface area contributed by atoms with Crippen molar-refractivity contribution in [3.05, 3.63) is 51.5 Å². The fraction of sp³-hybridized carbons (Fsp3) is 0.278. The molecule has 1 aliphatic rings. The molecule has 0 aliphatic carbocycles. The molecule has 2 aromatic carbocycles. The SMILES string of the molecule is Cc1cccc(OCC(=O)OCc2cc3c(cc2Br)OCO3)c1C. The molecule has 0 fully saturated rings. The number of carbonyl (C=O) groups is 1. The van der Waals surface area contributed by atoms with Gasteiger partial charge >= 0.3 is 5.97 Å². The van der Waals surface area contributed by atoms with Crippen molar-refractivity contribution in [3.8, 4) is 17.2 Å². The van der Waals surface area contributed by atoms with E-state index < -0.39 is 5.97 Å². The van der Waals surface area contributed by atoms with Gasteiger partial charge in [0.2, 0.25) is 6.79 Å². The molecule has 0 unspecified atom stereocenters. The molecule has 0 saturated heterocycles. The number of esters is 1. The number of hydrogen-bond donors (Lipinski definition) is 0. The van der Waals surface area contributed by atoms with Crippen molar-refractivity contribution < 1.29 is 23.7 Å². The second kappa shape index (κ2) is 7.13. The van der Waals surface area contributed by atoms with E-state index in [-0.39, 0.29) is 20.0 Å². The number of ether oxygens (including phenoxy) is 4. The summed E-state index contributed by atoms with van der Waals surface area (Å²) in [5.74, 6) is 1.59. The van der Waals surface area contributed by atoms with Gasteiger partial charge < -0.3 is 18.9 Å². The zero-order valence-electron chi connectivity index (χ0n) is 13.4. The molecule has 1 aliphatic heterocycles. The highest BCUT2D eigenvalue weighted by molar-refractivity contribution is 9.10. The number of hydrogen-bond acceptors (Lipinski definition) is 5. The van der Waals surface area contributed by atoms with Crippen LogP contribution in [0.15, 0.2) is 34.8 Å². The molecule has 6 heteroatoms. The van der Waals surface area contributed by atoms with Gasteiger partial charge in [0.15, 0.2) is 18.1 Å². The van der Waals surface area contributed by atoms with E-state index in [0.717, 1.165) is 21.2 Å². The van der Waals surface area contributed by atoms with E-state index in [4.69, 9.17) is 18.9 Å². The van der Waals surface area contributed by atoms with Crippen LogP contribution in [0.1, 0.15) is 16.7 Å². The summed E-state index contributed by atoms with van der Waals surface area (Å²) in [6, 6.07) is 9.33. The van der Waals surface area contributed by atoms with Crippen molar-refractivity contribution in [3.63, 3.8) is 0 Å². The molecular weight excluding hydrogens is 376 g/mol. The maximum Gasteiger partial charge on any atom is 0.344 e. The summed E-state index contributed by atoms with van der Waals surface area (Å²) in [5, 5.41) is 0. The molecule has 1 heterocycles. The van der Waals surface area contributed by atoms with E-state index in [9.17, 15) is 4.79 Å². The summed E-state index contributed by atoms with van der Waals surface area (Å²) < 4.78 is 22.2. The number of rotatable bonds is 5. The molecule has 0 atom stereocenters. The predicted octanol–water partition coefficient (Wildman–Crippen LogP) is 3.92. The van der Waals surface area contributed by atoms with Crippen LogP contribution in [0.3, 0.4) is 0 Å². The molecule has 0 N–H and O–H groups in total. The van der Waals surface area contributed by atoms with E-state index in [1.807, 2.05) is 32.0 Å². The maximum absolute atomic E-state index is 11.9. The van der Waals surface area contributed by atoms with E-state index in [1.54, 1.807) is 12.1 Å². The lowest BCUT2D eigenvalue weighted by Gasteiger charge is -2.11. The molecule has 126 valence electrons. The fourth-order valence-corrected chi connectivity index (χ4v) is 2.72. The maximum atomic E-state index is 11.9. The first kappa shape index (κ1) is 16.6.